The average molecular weight is 430 g/mol. The maximum atomic E-state index is 12.1. The molecule has 1 fully saturated rings. The molecule has 0 spiro atoms. The lowest BCUT2D eigenvalue weighted by Gasteiger charge is -2.22. The van der Waals surface area contributed by atoms with Gasteiger partial charge in [-0.1, -0.05) is 18.2 Å². The zero-order chi connectivity index (χ0) is 18.2. The number of rotatable bonds is 7. The Labute approximate surface area is 177 Å². The fourth-order valence-electron chi connectivity index (χ4n) is 2.54. The quantitative estimate of drug-likeness (QED) is 0.703. The first-order chi connectivity index (χ1) is 12.8. The second-order valence-corrected chi connectivity index (χ2v) is 5.79. The minimum Gasteiger partial charge on any atom is -0.490 e. The average Bonchev–Trinajstić information content (AvgIpc) is 2.69. The van der Waals surface area contributed by atoms with Crippen LogP contribution in [0.2, 0.25) is 0 Å². The zero-order valence-corrected chi connectivity index (χ0v) is 17.2. The van der Waals surface area contributed by atoms with Crippen LogP contribution in [0.15, 0.2) is 42.6 Å². The number of carbonyl (C=O) groups is 1. The molecule has 0 saturated carbocycles. The molecule has 0 aliphatic carbocycles. The largest absolute Gasteiger partial charge is 0.490 e. The van der Waals surface area contributed by atoms with E-state index in [0.29, 0.717) is 50.3 Å². The number of hydrogen-bond donors (Lipinski definition) is 2. The summed E-state index contributed by atoms with van der Waals surface area (Å²) in [6.45, 7) is 4.62. The third kappa shape index (κ3) is 6.83. The maximum Gasteiger partial charge on any atom is 0.239 e. The Kier molecular flexibility index (Phi) is 10.6. The lowest BCUT2D eigenvalue weighted by atomic mass is 10.2. The molecule has 1 aliphatic rings. The number of morpholine rings is 1. The van der Waals surface area contributed by atoms with Crippen LogP contribution in [0.1, 0.15) is 12.5 Å². The van der Waals surface area contributed by atoms with Gasteiger partial charge in [-0.3, -0.25) is 4.79 Å². The van der Waals surface area contributed by atoms with Crippen LogP contribution < -0.4 is 20.1 Å². The number of carbonyl (C=O) groups excluding carboxylic acids is 1. The smallest absolute Gasteiger partial charge is 0.239 e. The Morgan fingerprint density at radius 1 is 1.25 bits per heavy atom. The van der Waals surface area contributed by atoms with Gasteiger partial charge in [0, 0.05) is 25.4 Å². The molecule has 1 saturated heterocycles. The molecular weight excluding hydrogens is 405 g/mol. The Morgan fingerprint density at radius 3 is 2.68 bits per heavy atom. The summed E-state index contributed by atoms with van der Waals surface area (Å²) in [6.07, 6.45) is 1.68. The van der Waals surface area contributed by atoms with Gasteiger partial charge in [-0.25, -0.2) is 4.98 Å². The number of hydrogen-bond acceptors (Lipinski definition) is 6. The summed E-state index contributed by atoms with van der Waals surface area (Å²) >= 11 is 0. The molecule has 1 aromatic heterocycles. The van der Waals surface area contributed by atoms with Crippen LogP contribution in [0.4, 0.5) is 0 Å². The second-order valence-electron chi connectivity index (χ2n) is 5.79. The Morgan fingerprint density at radius 2 is 2.04 bits per heavy atom. The summed E-state index contributed by atoms with van der Waals surface area (Å²) in [6, 6.07) is 10.8. The monoisotopic (exact) mass is 429 g/mol. The molecule has 1 amide bonds. The molecule has 3 rings (SSSR count). The summed E-state index contributed by atoms with van der Waals surface area (Å²) in [7, 11) is 0. The van der Waals surface area contributed by atoms with E-state index < -0.39 is 0 Å². The molecule has 9 heteroatoms. The number of halogens is 2. The molecule has 1 aromatic carbocycles. The summed E-state index contributed by atoms with van der Waals surface area (Å²) in [4.78, 5) is 16.4. The Hall–Kier alpha value is -2.06. The van der Waals surface area contributed by atoms with Crippen LogP contribution >= 0.6 is 24.8 Å². The molecule has 2 N–H and O–H groups in total. The van der Waals surface area contributed by atoms with Gasteiger partial charge in [0.15, 0.2) is 11.5 Å². The van der Waals surface area contributed by atoms with Crippen molar-refractivity contribution in [3.8, 4) is 17.4 Å². The predicted octanol–water partition coefficient (Wildman–Crippen LogP) is 2.72. The first-order valence-corrected chi connectivity index (χ1v) is 8.69. The Balaban J connectivity index is 0.00000196. The maximum absolute atomic E-state index is 12.1. The van der Waals surface area contributed by atoms with E-state index in [4.69, 9.17) is 14.2 Å². The van der Waals surface area contributed by atoms with Crippen LogP contribution in [0, 0.1) is 0 Å². The highest BCUT2D eigenvalue weighted by Gasteiger charge is 2.20. The first kappa shape index (κ1) is 24.0. The third-order valence-electron chi connectivity index (χ3n) is 3.87. The second kappa shape index (κ2) is 12.4. The van der Waals surface area contributed by atoms with Crippen LogP contribution in [0.5, 0.6) is 17.4 Å². The first-order valence-electron chi connectivity index (χ1n) is 8.69. The van der Waals surface area contributed by atoms with E-state index in [1.165, 1.54) is 0 Å². The number of nitrogens with zero attached hydrogens (tertiary/aromatic N) is 1. The summed E-state index contributed by atoms with van der Waals surface area (Å²) in [5.74, 6) is 1.69. The van der Waals surface area contributed by atoms with Gasteiger partial charge in [0.1, 0.15) is 6.04 Å². The van der Waals surface area contributed by atoms with E-state index in [1.54, 1.807) is 12.3 Å². The van der Waals surface area contributed by atoms with Gasteiger partial charge >= 0.3 is 0 Å². The highest BCUT2D eigenvalue weighted by molar-refractivity contribution is 5.85. The third-order valence-corrected chi connectivity index (χ3v) is 3.87. The molecule has 1 atom stereocenters. The number of para-hydroxylation sites is 2. The number of benzene rings is 1. The fraction of sp³-hybridized carbons (Fsp3) is 0.368. The highest BCUT2D eigenvalue weighted by atomic mass is 35.5. The predicted molar refractivity (Wildman–Crippen MR) is 111 cm³/mol. The minimum atomic E-state index is -0.297. The van der Waals surface area contributed by atoms with Crippen LogP contribution in [-0.2, 0) is 16.1 Å². The van der Waals surface area contributed by atoms with E-state index in [2.05, 4.69) is 15.6 Å². The minimum absolute atomic E-state index is 0. The molecule has 2 heterocycles. The van der Waals surface area contributed by atoms with Gasteiger partial charge in [-0.15, -0.1) is 24.8 Å². The van der Waals surface area contributed by atoms with Gasteiger partial charge in [-0.05, 0) is 24.6 Å². The van der Waals surface area contributed by atoms with Crippen LogP contribution in [-0.4, -0.2) is 43.3 Å². The van der Waals surface area contributed by atoms with Crippen molar-refractivity contribution in [1.29, 1.82) is 0 Å². The Bertz CT molecular complexity index is 725. The summed E-state index contributed by atoms with van der Waals surface area (Å²) < 4.78 is 16.6. The lowest BCUT2D eigenvalue weighted by molar-refractivity contribution is -0.126. The molecule has 1 unspecified atom stereocenters. The molecule has 0 radical (unpaired) electrons. The van der Waals surface area contributed by atoms with Crippen molar-refractivity contribution in [3.05, 3.63) is 48.2 Å². The van der Waals surface area contributed by atoms with Crippen molar-refractivity contribution in [2.45, 2.75) is 19.5 Å². The molecule has 2 aromatic rings. The number of aromatic nitrogens is 1. The van der Waals surface area contributed by atoms with Crippen molar-refractivity contribution in [1.82, 2.24) is 15.6 Å². The van der Waals surface area contributed by atoms with E-state index in [1.807, 2.05) is 37.3 Å². The number of pyridine rings is 1. The number of amides is 1. The number of nitrogens with one attached hydrogen (secondary N) is 2. The van der Waals surface area contributed by atoms with Crippen molar-refractivity contribution in [2.75, 3.05) is 26.4 Å². The van der Waals surface area contributed by atoms with Crippen molar-refractivity contribution < 1.29 is 19.0 Å². The molecule has 0 bridgehead atoms. The number of ether oxygens (including phenoxy) is 3. The van der Waals surface area contributed by atoms with Crippen LogP contribution in [0.3, 0.4) is 0 Å². The lowest BCUT2D eigenvalue weighted by Crippen LogP contribution is -2.51. The van der Waals surface area contributed by atoms with Crippen molar-refractivity contribution >= 4 is 30.7 Å². The van der Waals surface area contributed by atoms with Crippen LogP contribution in [0.25, 0.3) is 0 Å². The van der Waals surface area contributed by atoms with E-state index in [0.717, 1.165) is 5.56 Å². The molecular formula is C19H25Cl2N3O4. The van der Waals surface area contributed by atoms with Gasteiger partial charge < -0.3 is 24.8 Å². The molecule has 7 nitrogen and oxygen atoms in total. The van der Waals surface area contributed by atoms with Gasteiger partial charge in [0.25, 0.3) is 0 Å². The molecule has 28 heavy (non-hydrogen) atoms. The summed E-state index contributed by atoms with van der Waals surface area (Å²) in [5, 5.41) is 6.00. The fourth-order valence-corrected chi connectivity index (χ4v) is 2.54. The van der Waals surface area contributed by atoms with E-state index >= 15 is 0 Å². The van der Waals surface area contributed by atoms with E-state index in [-0.39, 0.29) is 36.8 Å². The normalized spacial score (nSPS) is 15.5. The zero-order valence-electron chi connectivity index (χ0n) is 15.6. The summed E-state index contributed by atoms with van der Waals surface area (Å²) in [5.41, 5.74) is 0.889. The topological polar surface area (TPSA) is 81.7 Å². The molecule has 1 aliphatic heterocycles. The standard InChI is InChI=1S/C19H23N3O4.2ClH/c1-2-25-16-5-3-4-6-17(16)26-18-8-7-14(11-21-18)12-22-19(23)15-13-24-10-9-20-15;;/h3-8,11,15,20H,2,9-10,12-13H2,1H3,(H,22,23);2*1H. The van der Waals surface area contributed by atoms with Crippen molar-refractivity contribution in [3.63, 3.8) is 0 Å². The van der Waals surface area contributed by atoms with Gasteiger partial charge in [-0.2, -0.15) is 0 Å². The van der Waals surface area contributed by atoms with Gasteiger partial charge in [0.2, 0.25) is 11.8 Å². The van der Waals surface area contributed by atoms with Gasteiger partial charge in [0.05, 0.1) is 19.8 Å². The van der Waals surface area contributed by atoms with Crippen molar-refractivity contribution in [2.24, 2.45) is 0 Å². The SMILES string of the molecule is CCOc1ccccc1Oc1ccc(CNC(=O)C2COCCN2)cn1.Cl.Cl. The highest BCUT2D eigenvalue weighted by Crippen LogP contribution is 2.30. The van der Waals surface area contributed by atoms with E-state index in [9.17, 15) is 4.79 Å². The molecule has 154 valence electrons.